The molecule has 1 unspecified atom stereocenters. The molecular formula is C5H15NSi. The molecule has 44 valence electrons. The molecule has 0 aliphatic heterocycles. The van der Waals surface area contributed by atoms with Gasteiger partial charge >= 0.3 is 0 Å². The fourth-order valence-corrected chi connectivity index (χ4v) is 1.47. The zero-order valence-corrected chi connectivity index (χ0v) is 6.69. The van der Waals surface area contributed by atoms with Gasteiger partial charge in [0.25, 0.3) is 0 Å². The summed E-state index contributed by atoms with van der Waals surface area (Å²) in [6.07, 6.45) is 2.30. The van der Waals surface area contributed by atoms with Crippen LogP contribution in [-0.2, 0) is 0 Å². The van der Waals surface area contributed by atoms with Crippen LogP contribution in [0.1, 0.15) is 20.3 Å². The Bertz CT molecular complexity index is 39.1. The van der Waals surface area contributed by atoms with Gasteiger partial charge in [-0.15, -0.1) is 0 Å². The minimum Gasteiger partial charge on any atom is -0.334 e. The van der Waals surface area contributed by atoms with Gasteiger partial charge in [0.15, 0.2) is 0 Å². The second kappa shape index (κ2) is 4.34. The van der Waals surface area contributed by atoms with E-state index >= 15 is 0 Å². The van der Waals surface area contributed by atoms with Crippen LogP contribution in [0.2, 0.25) is 5.54 Å². The number of nitrogens with two attached hydrogens (primary N) is 1. The minimum absolute atomic E-state index is 0.124. The first-order chi connectivity index (χ1) is 3.31. The summed E-state index contributed by atoms with van der Waals surface area (Å²) >= 11 is 0. The summed E-state index contributed by atoms with van der Waals surface area (Å²) in [5.74, 6) is 0. The van der Waals surface area contributed by atoms with Gasteiger partial charge in [-0.3, -0.25) is 0 Å². The summed E-state index contributed by atoms with van der Waals surface area (Å²) < 4.78 is 0. The lowest BCUT2D eigenvalue weighted by Gasteiger charge is -2.01. The van der Waals surface area contributed by atoms with E-state index in [4.69, 9.17) is 5.73 Å². The van der Waals surface area contributed by atoms with Crippen LogP contribution in [0.15, 0.2) is 0 Å². The maximum absolute atomic E-state index is 5.37. The van der Waals surface area contributed by atoms with Crippen LogP contribution in [0, 0.1) is 0 Å². The first-order valence-electron chi connectivity index (χ1n) is 3.01. The van der Waals surface area contributed by atoms with E-state index in [1.165, 1.54) is 6.42 Å². The van der Waals surface area contributed by atoms with Crippen LogP contribution in [0.3, 0.4) is 0 Å². The van der Waals surface area contributed by atoms with E-state index in [0.717, 1.165) is 11.7 Å². The molecule has 0 aromatic heterocycles. The van der Waals surface area contributed by atoms with Crippen molar-refractivity contribution in [2.24, 2.45) is 5.73 Å². The van der Waals surface area contributed by atoms with Gasteiger partial charge in [-0.2, -0.15) is 0 Å². The molecule has 0 heterocycles. The molecule has 0 aromatic carbocycles. The third-order valence-electron chi connectivity index (χ3n) is 1.36. The highest BCUT2D eigenvalue weighted by Crippen LogP contribution is 2.03. The zero-order chi connectivity index (χ0) is 5.70. The highest BCUT2D eigenvalue weighted by molar-refractivity contribution is 6.37. The monoisotopic (exact) mass is 117 g/mol. The quantitative estimate of drug-likeness (QED) is 0.528. The van der Waals surface area contributed by atoms with Crippen molar-refractivity contribution >= 4 is 9.52 Å². The van der Waals surface area contributed by atoms with Gasteiger partial charge in [-0.1, -0.05) is 25.8 Å². The molecule has 0 spiro atoms. The van der Waals surface area contributed by atoms with Gasteiger partial charge < -0.3 is 5.73 Å². The van der Waals surface area contributed by atoms with E-state index in [2.05, 4.69) is 13.8 Å². The predicted molar refractivity (Wildman–Crippen MR) is 37.3 cm³/mol. The Kier molecular flexibility index (Phi) is 4.45. The van der Waals surface area contributed by atoms with Crippen LogP contribution < -0.4 is 5.73 Å². The topological polar surface area (TPSA) is 26.0 Å². The first-order valence-corrected chi connectivity index (χ1v) is 4.83. The molecular weight excluding hydrogens is 102 g/mol. The molecule has 7 heavy (non-hydrogen) atoms. The summed E-state index contributed by atoms with van der Waals surface area (Å²) in [7, 11) is 0.124. The van der Waals surface area contributed by atoms with Crippen LogP contribution in [0.4, 0.5) is 0 Å². The van der Waals surface area contributed by atoms with Gasteiger partial charge in [0.1, 0.15) is 0 Å². The zero-order valence-electron chi connectivity index (χ0n) is 5.28. The lowest BCUT2D eigenvalue weighted by Crippen LogP contribution is -2.12. The predicted octanol–water partition coefficient (Wildman–Crippen LogP) is 0.290. The Balaban J connectivity index is 2.83. The van der Waals surface area contributed by atoms with Crippen molar-refractivity contribution in [2.75, 3.05) is 6.17 Å². The lowest BCUT2D eigenvalue weighted by molar-refractivity contribution is 0.865. The van der Waals surface area contributed by atoms with Crippen LogP contribution >= 0.6 is 0 Å². The third-order valence-corrected chi connectivity index (χ3v) is 3.25. The van der Waals surface area contributed by atoms with Crippen LogP contribution in [0.5, 0.6) is 0 Å². The Morgan fingerprint density at radius 3 is 2.43 bits per heavy atom. The van der Waals surface area contributed by atoms with Crippen LogP contribution in [-0.4, -0.2) is 15.7 Å². The highest BCUT2D eigenvalue weighted by Gasteiger charge is 1.94. The molecule has 2 N–H and O–H groups in total. The van der Waals surface area contributed by atoms with Crippen molar-refractivity contribution in [3.63, 3.8) is 0 Å². The smallest absolute Gasteiger partial charge is 0.0390 e. The molecule has 1 nitrogen and oxygen atoms in total. The molecule has 0 radical (unpaired) electrons. The summed E-state index contributed by atoms with van der Waals surface area (Å²) in [6, 6.07) is 0. The molecule has 0 aromatic rings. The Hall–Kier alpha value is 0.177. The van der Waals surface area contributed by atoms with E-state index < -0.39 is 0 Å². The maximum Gasteiger partial charge on any atom is 0.0390 e. The summed E-state index contributed by atoms with van der Waals surface area (Å²) in [5.41, 5.74) is 6.33. The van der Waals surface area contributed by atoms with Gasteiger partial charge in [0.2, 0.25) is 0 Å². The number of rotatable bonds is 3. The van der Waals surface area contributed by atoms with Crippen LogP contribution in [0.25, 0.3) is 0 Å². The largest absolute Gasteiger partial charge is 0.334 e. The van der Waals surface area contributed by atoms with Crippen molar-refractivity contribution < 1.29 is 0 Å². The molecule has 0 saturated carbocycles. The van der Waals surface area contributed by atoms with E-state index in [9.17, 15) is 0 Å². The van der Waals surface area contributed by atoms with Gasteiger partial charge in [-0.25, -0.2) is 0 Å². The molecule has 0 saturated heterocycles. The van der Waals surface area contributed by atoms with Gasteiger partial charge in [0.05, 0.1) is 0 Å². The molecule has 0 aliphatic rings. The Labute approximate surface area is 48.1 Å². The van der Waals surface area contributed by atoms with E-state index in [1.54, 1.807) is 0 Å². The normalized spacial score (nSPS) is 15.9. The fourth-order valence-electron chi connectivity index (χ4n) is 0.489. The second-order valence-corrected chi connectivity index (χ2v) is 4.64. The highest BCUT2D eigenvalue weighted by atomic mass is 28.2. The standard InChI is InChI=1S/C5H15NSi/c1-3-5(2)7-4-6/h5H,3-4,6-7H2,1-2H3. The SMILES string of the molecule is CCC(C)[SiH2]CN. The molecule has 0 amide bonds. The summed E-state index contributed by atoms with van der Waals surface area (Å²) in [4.78, 5) is 0. The molecule has 0 bridgehead atoms. The van der Waals surface area contributed by atoms with Crippen molar-refractivity contribution in [1.82, 2.24) is 0 Å². The average Bonchev–Trinajstić information content (AvgIpc) is 1.68. The third kappa shape index (κ3) is 4.02. The van der Waals surface area contributed by atoms with Gasteiger partial charge in [0, 0.05) is 9.52 Å². The molecule has 2 heteroatoms. The van der Waals surface area contributed by atoms with Crippen molar-refractivity contribution in [3.8, 4) is 0 Å². The van der Waals surface area contributed by atoms with Gasteiger partial charge in [-0.05, 0) is 6.17 Å². The van der Waals surface area contributed by atoms with Crippen molar-refractivity contribution in [3.05, 3.63) is 0 Å². The second-order valence-electron chi connectivity index (χ2n) is 2.09. The lowest BCUT2D eigenvalue weighted by atomic mass is 10.4. The minimum atomic E-state index is 0.124. The fraction of sp³-hybridized carbons (Fsp3) is 1.00. The van der Waals surface area contributed by atoms with Crippen molar-refractivity contribution in [1.29, 1.82) is 0 Å². The number of hydrogen-bond donors (Lipinski definition) is 1. The maximum atomic E-state index is 5.37. The summed E-state index contributed by atoms with van der Waals surface area (Å²) in [6.45, 7) is 4.52. The van der Waals surface area contributed by atoms with E-state index in [1.807, 2.05) is 0 Å². The number of hydrogen-bond acceptors (Lipinski definition) is 1. The Morgan fingerprint density at radius 1 is 1.71 bits per heavy atom. The Morgan fingerprint density at radius 2 is 2.29 bits per heavy atom. The van der Waals surface area contributed by atoms with E-state index in [0.29, 0.717) is 0 Å². The summed E-state index contributed by atoms with van der Waals surface area (Å²) in [5, 5.41) is 0. The molecule has 0 aliphatic carbocycles. The van der Waals surface area contributed by atoms with E-state index in [-0.39, 0.29) is 9.52 Å². The van der Waals surface area contributed by atoms with Crippen molar-refractivity contribution in [2.45, 2.75) is 25.8 Å². The molecule has 0 fully saturated rings. The first kappa shape index (κ1) is 7.18. The molecule has 1 atom stereocenters. The average molecular weight is 117 g/mol. The molecule has 0 rings (SSSR count).